The van der Waals surface area contributed by atoms with Crippen LogP contribution in [0, 0.1) is 5.92 Å². The van der Waals surface area contributed by atoms with E-state index >= 15 is 0 Å². The first-order valence-corrected chi connectivity index (χ1v) is 15.2. The van der Waals surface area contributed by atoms with Crippen molar-refractivity contribution in [3.8, 4) is 0 Å². The summed E-state index contributed by atoms with van der Waals surface area (Å²) in [4.78, 5) is 0. The summed E-state index contributed by atoms with van der Waals surface area (Å²) in [5, 5.41) is 0. The molecule has 0 fully saturated rings. The molecule has 0 heterocycles. The summed E-state index contributed by atoms with van der Waals surface area (Å²) in [5.74, 6) is 0.881. The summed E-state index contributed by atoms with van der Waals surface area (Å²) in [6.07, 6.45) is 20.7. The Morgan fingerprint density at radius 2 is 0.826 bits per heavy atom. The predicted molar refractivity (Wildman–Crippen MR) is 112 cm³/mol. The molecule has 0 radical (unpaired) electrons. The van der Waals surface area contributed by atoms with Crippen LogP contribution in [0.5, 0.6) is 0 Å². The molecule has 0 N–H and O–H groups in total. The second-order valence-corrected chi connectivity index (χ2v) is 16.8. The Kier molecular flexibility index (Phi) is 17.3. The summed E-state index contributed by atoms with van der Waals surface area (Å²) < 4.78 is 0. The lowest BCUT2D eigenvalue weighted by Crippen LogP contribution is -2.07. The van der Waals surface area contributed by atoms with Crippen molar-refractivity contribution in [3.63, 3.8) is 0 Å². The molecule has 23 heavy (non-hydrogen) atoms. The molecular formula is C19H39Cl3Si. The van der Waals surface area contributed by atoms with Crippen LogP contribution in [0.2, 0.25) is 6.04 Å². The monoisotopic (exact) mass is 400 g/mol. The molecule has 0 amide bonds. The molecule has 4 heteroatoms. The van der Waals surface area contributed by atoms with Crippen molar-refractivity contribution in [2.75, 3.05) is 0 Å². The van der Waals surface area contributed by atoms with Gasteiger partial charge in [-0.2, -0.15) is 0 Å². The summed E-state index contributed by atoms with van der Waals surface area (Å²) >= 11 is 17.6. The Labute approximate surface area is 161 Å². The van der Waals surface area contributed by atoms with Crippen molar-refractivity contribution in [2.24, 2.45) is 5.92 Å². The molecule has 0 aliphatic heterocycles. The van der Waals surface area contributed by atoms with Gasteiger partial charge in [0.2, 0.25) is 0 Å². The first-order chi connectivity index (χ1) is 10.9. The van der Waals surface area contributed by atoms with E-state index in [4.69, 9.17) is 33.2 Å². The smallest absolute Gasteiger partial charge is 0.126 e. The van der Waals surface area contributed by atoms with Gasteiger partial charge < -0.3 is 0 Å². The lowest BCUT2D eigenvalue weighted by atomic mass is 10.0. The molecule has 0 aliphatic carbocycles. The van der Waals surface area contributed by atoms with Crippen LogP contribution in [0.3, 0.4) is 0 Å². The van der Waals surface area contributed by atoms with Gasteiger partial charge in [-0.15, -0.1) is 33.2 Å². The van der Waals surface area contributed by atoms with Crippen molar-refractivity contribution in [1.29, 1.82) is 0 Å². The average Bonchev–Trinajstić information content (AvgIpc) is 2.45. The van der Waals surface area contributed by atoms with Gasteiger partial charge in [-0.25, -0.2) is 0 Å². The average molecular weight is 402 g/mol. The maximum atomic E-state index is 5.87. The van der Waals surface area contributed by atoms with Crippen LogP contribution in [0.15, 0.2) is 0 Å². The van der Waals surface area contributed by atoms with Gasteiger partial charge in [0.25, 0.3) is 0 Å². The van der Waals surface area contributed by atoms with Crippen molar-refractivity contribution in [2.45, 2.75) is 116 Å². The van der Waals surface area contributed by atoms with Crippen LogP contribution in [-0.2, 0) is 0 Å². The van der Waals surface area contributed by atoms with E-state index in [0.29, 0.717) is 0 Å². The molecule has 0 atom stereocenters. The van der Waals surface area contributed by atoms with E-state index < -0.39 is 6.00 Å². The van der Waals surface area contributed by atoms with E-state index in [-0.39, 0.29) is 0 Å². The van der Waals surface area contributed by atoms with Crippen molar-refractivity contribution >= 4 is 39.2 Å². The molecule has 0 aliphatic rings. The third-order valence-electron chi connectivity index (χ3n) is 4.49. The summed E-state index contributed by atoms with van der Waals surface area (Å²) in [6.45, 7) is 4.65. The Balaban J connectivity index is 3.03. The van der Waals surface area contributed by atoms with E-state index in [1.807, 2.05) is 0 Å². The van der Waals surface area contributed by atoms with Crippen LogP contribution in [-0.4, -0.2) is 6.00 Å². The van der Waals surface area contributed by atoms with E-state index in [9.17, 15) is 0 Å². The van der Waals surface area contributed by atoms with Crippen molar-refractivity contribution < 1.29 is 0 Å². The number of hydrogen-bond donors (Lipinski definition) is 0. The third-order valence-corrected chi connectivity index (χ3v) is 7.11. The Hall–Kier alpha value is 1.09. The Morgan fingerprint density at radius 3 is 1.13 bits per heavy atom. The molecule has 0 nitrogen and oxygen atoms in total. The largest absolute Gasteiger partial charge is 0.341 e. The summed E-state index contributed by atoms with van der Waals surface area (Å²) in [7, 11) is 0. The highest BCUT2D eigenvalue weighted by Gasteiger charge is 2.23. The normalized spacial score (nSPS) is 12.3. The van der Waals surface area contributed by atoms with Gasteiger partial charge in [0.05, 0.1) is 0 Å². The number of hydrogen-bond acceptors (Lipinski definition) is 0. The van der Waals surface area contributed by atoms with Crippen LogP contribution in [0.4, 0.5) is 0 Å². The van der Waals surface area contributed by atoms with Gasteiger partial charge in [0.1, 0.15) is 0 Å². The highest BCUT2D eigenvalue weighted by Crippen LogP contribution is 2.27. The Morgan fingerprint density at radius 1 is 0.522 bits per heavy atom. The fourth-order valence-corrected chi connectivity index (χ4v) is 4.85. The molecule has 0 saturated heterocycles. The van der Waals surface area contributed by atoms with Crippen LogP contribution >= 0.6 is 33.2 Å². The minimum atomic E-state index is -2.35. The predicted octanol–water partition coefficient (Wildman–Crippen LogP) is 9.15. The highest BCUT2D eigenvalue weighted by atomic mass is 35.8. The third kappa shape index (κ3) is 23.1. The zero-order valence-electron chi connectivity index (χ0n) is 15.5. The standard InChI is InChI=1S/C19H39Cl3Si/c1-19(2)17-15-13-11-9-7-5-3-4-6-8-10-12-14-16-18-23(20,21)22/h19H,3-18H2,1-2H3. The molecule has 0 unspecified atom stereocenters. The lowest BCUT2D eigenvalue weighted by molar-refractivity contribution is 0.502. The minimum Gasteiger partial charge on any atom is -0.126 e. The molecule has 0 aromatic rings. The lowest BCUT2D eigenvalue weighted by Gasteiger charge is -2.07. The summed E-state index contributed by atoms with van der Waals surface area (Å²) in [6, 6.07) is -1.52. The second kappa shape index (κ2) is 16.5. The van der Waals surface area contributed by atoms with E-state index in [0.717, 1.165) is 18.4 Å². The van der Waals surface area contributed by atoms with E-state index in [1.54, 1.807) is 0 Å². The van der Waals surface area contributed by atoms with Gasteiger partial charge in [-0.3, -0.25) is 0 Å². The quantitative estimate of drug-likeness (QED) is 0.129. The fraction of sp³-hybridized carbons (Fsp3) is 1.00. The maximum Gasteiger partial charge on any atom is 0.341 e. The zero-order chi connectivity index (χ0) is 17.4. The molecule has 0 aromatic carbocycles. The fourth-order valence-electron chi connectivity index (χ4n) is 3.00. The number of rotatable bonds is 17. The molecular weight excluding hydrogens is 363 g/mol. The van der Waals surface area contributed by atoms with E-state index in [1.165, 1.54) is 89.9 Å². The summed E-state index contributed by atoms with van der Waals surface area (Å²) in [5.41, 5.74) is 0. The minimum absolute atomic E-state index is 0.829. The molecule has 0 aromatic heterocycles. The molecule has 140 valence electrons. The number of unbranched alkanes of at least 4 members (excludes halogenated alkanes) is 13. The van der Waals surface area contributed by atoms with Crippen LogP contribution < -0.4 is 0 Å². The molecule has 0 bridgehead atoms. The van der Waals surface area contributed by atoms with Gasteiger partial charge in [0.15, 0.2) is 0 Å². The Bertz CT molecular complexity index is 239. The zero-order valence-corrected chi connectivity index (χ0v) is 18.8. The van der Waals surface area contributed by atoms with Gasteiger partial charge in [-0.1, -0.05) is 110 Å². The first-order valence-electron chi connectivity index (χ1n) is 9.98. The number of halogens is 3. The molecule has 0 spiro atoms. The van der Waals surface area contributed by atoms with Crippen molar-refractivity contribution in [3.05, 3.63) is 0 Å². The van der Waals surface area contributed by atoms with Gasteiger partial charge >= 0.3 is 6.00 Å². The second-order valence-electron chi connectivity index (χ2n) is 7.50. The highest BCUT2D eigenvalue weighted by molar-refractivity contribution is 7.64. The maximum absolute atomic E-state index is 5.87. The molecule has 0 rings (SSSR count). The van der Waals surface area contributed by atoms with Gasteiger partial charge in [-0.05, 0) is 12.0 Å². The van der Waals surface area contributed by atoms with Crippen LogP contribution in [0.1, 0.15) is 110 Å². The topological polar surface area (TPSA) is 0 Å². The van der Waals surface area contributed by atoms with Crippen LogP contribution in [0.25, 0.3) is 0 Å². The van der Waals surface area contributed by atoms with E-state index in [2.05, 4.69) is 13.8 Å². The van der Waals surface area contributed by atoms with Crippen molar-refractivity contribution in [1.82, 2.24) is 0 Å². The SMILES string of the molecule is CC(C)CCCCCCCCCCCCCCCC[Si](Cl)(Cl)Cl. The molecule has 0 saturated carbocycles. The van der Waals surface area contributed by atoms with Gasteiger partial charge in [0, 0.05) is 0 Å². The first kappa shape index (κ1) is 24.1.